The van der Waals surface area contributed by atoms with Crippen molar-refractivity contribution in [2.24, 2.45) is 7.05 Å². The number of imidazole rings is 1. The van der Waals surface area contributed by atoms with Crippen molar-refractivity contribution >= 4 is 17.1 Å². The molecule has 0 fully saturated rings. The van der Waals surface area contributed by atoms with Gasteiger partial charge in [0.15, 0.2) is 11.2 Å². The number of hydrogen-bond acceptors (Lipinski definition) is 6. The molecular formula is C18H31N5O4. The number of aromatic nitrogens is 4. The highest BCUT2D eigenvalue weighted by atomic mass is 16.5. The third-order valence-electron chi connectivity index (χ3n) is 4.34. The summed E-state index contributed by atoms with van der Waals surface area (Å²) in [4.78, 5) is 31.0. The summed E-state index contributed by atoms with van der Waals surface area (Å²) < 4.78 is 8.38. The fraction of sp³-hybridized carbons (Fsp3) is 0.722. The Labute approximate surface area is 158 Å². The van der Waals surface area contributed by atoms with Crippen LogP contribution in [0.2, 0.25) is 0 Å². The van der Waals surface area contributed by atoms with E-state index in [9.17, 15) is 14.7 Å². The zero-order valence-electron chi connectivity index (χ0n) is 16.6. The molecule has 2 rings (SSSR count). The van der Waals surface area contributed by atoms with E-state index < -0.39 is 17.4 Å². The van der Waals surface area contributed by atoms with E-state index in [0.717, 1.165) is 25.7 Å². The topological polar surface area (TPSA) is 114 Å². The van der Waals surface area contributed by atoms with Gasteiger partial charge in [-0.1, -0.05) is 26.2 Å². The van der Waals surface area contributed by atoms with Gasteiger partial charge in [-0.25, -0.2) is 4.79 Å². The zero-order valence-corrected chi connectivity index (χ0v) is 16.6. The van der Waals surface area contributed by atoms with E-state index in [4.69, 9.17) is 4.74 Å². The molecule has 2 aromatic rings. The molecule has 0 aliphatic rings. The molecule has 0 aliphatic carbocycles. The smallest absolute Gasteiger partial charge is 0.329 e. The Morgan fingerprint density at radius 2 is 2.00 bits per heavy atom. The van der Waals surface area contributed by atoms with Gasteiger partial charge in [0, 0.05) is 13.6 Å². The quantitative estimate of drug-likeness (QED) is 0.504. The predicted molar refractivity (Wildman–Crippen MR) is 105 cm³/mol. The van der Waals surface area contributed by atoms with Gasteiger partial charge in [0.25, 0.3) is 5.56 Å². The number of H-pyrrole nitrogens is 1. The van der Waals surface area contributed by atoms with Crippen LogP contribution in [0.25, 0.3) is 11.2 Å². The van der Waals surface area contributed by atoms with Gasteiger partial charge in [0.2, 0.25) is 5.95 Å². The number of aromatic amines is 1. The molecule has 152 valence electrons. The second-order valence-corrected chi connectivity index (χ2v) is 7.06. The highest BCUT2D eigenvalue weighted by molar-refractivity contribution is 5.74. The Balaban J connectivity index is 2.31. The molecule has 0 aliphatic heterocycles. The van der Waals surface area contributed by atoms with Crippen LogP contribution in [-0.2, 0) is 18.3 Å². The molecule has 0 amide bonds. The SMILES string of the molecule is CCCCCCNc1nc2c(c(=O)[nH]c(=O)n2C)n1C[C@@H](O)COC(C)C. The molecule has 27 heavy (non-hydrogen) atoms. The Kier molecular flexibility index (Phi) is 7.61. The van der Waals surface area contributed by atoms with Gasteiger partial charge < -0.3 is 19.7 Å². The van der Waals surface area contributed by atoms with E-state index >= 15 is 0 Å². The molecule has 9 nitrogen and oxygen atoms in total. The van der Waals surface area contributed by atoms with E-state index in [1.165, 1.54) is 4.57 Å². The van der Waals surface area contributed by atoms with E-state index in [1.807, 2.05) is 13.8 Å². The van der Waals surface area contributed by atoms with Crippen molar-refractivity contribution in [3.05, 3.63) is 20.8 Å². The normalized spacial score (nSPS) is 12.8. The Hall–Kier alpha value is -2.13. The van der Waals surface area contributed by atoms with Gasteiger partial charge in [-0.3, -0.25) is 14.3 Å². The first kappa shape index (κ1) is 21.2. The maximum atomic E-state index is 12.4. The summed E-state index contributed by atoms with van der Waals surface area (Å²) in [7, 11) is 1.56. The van der Waals surface area contributed by atoms with Gasteiger partial charge in [-0.05, 0) is 20.3 Å². The number of ether oxygens (including phenoxy) is 1. The lowest BCUT2D eigenvalue weighted by atomic mass is 10.2. The minimum atomic E-state index is -0.804. The first-order valence-corrected chi connectivity index (χ1v) is 9.58. The summed E-state index contributed by atoms with van der Waals surface area (Å²) in [5.41, 5.74) is -0.486. The number of unbranched alkanes of at least 4 members (excludes halogenated alkanes) is 3. The average Bonchev–Trinajstić information content (AvgIpc) is 2.97. The third kappa shape index (κ3) is 5.43. The minimum absolute atomic E-state index is 0.000401. The average molecular weight is 381 g/mol. The lowest BCUT2D eigenvalue weighted by molar-refractivity contribution is -0.000106. The molecule has 1 atom stereocenters. The zero-order chi connectivity index (χ0) is 20.0. The molecule has 0 unspecified atom stereocenters. The van der Waals surface area contributed by atoms with E-state index in [0.29, 0.717) is 12.5 Å². The van der Waals surface area contributed by atoms with Crippen molar-refractivity contribution in [3.8, 4) is 0 Å². The van der Waals surface area contributed by atoms with Crippen LogP contribution in [-0.4, -0.2) is 49.6 Å². The summed E-state index contributed by atoms with van der Waals surface area (Å²) >= 11 is 0. The summed E-state index contributed by atoms with van der Waals surface area (Å²) in [5, 5.41) is 13.6. The van der Waals surface area contributed by atoms with Crippen LogP contribution in [0.4, 0.5) is 5.95 Å². The monoisotopic (exact) mass is 381 g/mol. The van der Waals surface area contributed by atoms with Crippen molar-refractivity contribution < 1.29 is 9.84 Å². The van der Waals surface area contributed by atoms with Crippen molar-refractivity contribution in [2.45, 2.75) is 65.2 Å². The number of nitrogens with one attached hydrogen (secondary N) is 2. The largest absolute Gasteiger partial charge is 0.389 e. The molecule has 9 heteroatoms. The maximum Gasteiger partial charge on any atom is 0.329 e. The number of fused-ring (bicyclic) bond motifs is 1. The van der Waals surface area contributed by atoms with Crippen molar-refractivity contribution in [3.63, 3.8) is 0 Å². The van der Waals surface area contributed by atoms with Gasteiger partial charge in [-0.2, -0.15) is 4.98 Å². The van der Waals surface area contributed by atoms with Crippen LogP contribution in [0.1, 0.15) is 46.5 Å². The third-order valence-corrected chi connectivity index (χ3v) is 4.34. The standard InChI is InChI=1S/C18H31N5O4/c1-5-6-7-8-9-19-17-20-15-14(16(25)21-18(26)22(15)4)23(17)10-13(24)11-27-12(2)3/h12-13,24H,5-11H2,1-4H3,(H,19,20)(H,21,25,26)/t13-/m1/s1. The Morgan fingerprint density at radius 3 is 2.67 bits per heavy atom. The summed E-state index contributed by atoms with van der Waals surface area (Å²) in [5.74, 6) is 0.469. The number of hydrogen-bond donors (Lipinski definition) is 3. The van der Waals surface area contributed by atoms with Crippen LogP contribution in [0, 0.1) is 0 Å². The minimum Gasteiger partial charge on any atom is -0.389 e. The van der Waals surface area contributed by atoms with Crippen molar-refractivity contribution in [1.29, 1.82) is 0 Å². The van der Waals surface area contributed by atoms with Gasteiger partial charge in [0.05, 0.1) is 25.4 Å². The maximum absolute atomic E-state index is 12.4. The fourth-order valence-electron chi connectivity index (χ4n) is 2.87. The first-order valence-electron chi connectivity index (χ1n) is 9.58. The van der Waals surface area contributed by atoms with Gasteiger partial charge in [-0.15, -0.1) is 0 Å². The molecule has 0 aromatic carbocycles. The number of anilines is 1. The summed E-state index contributed by atoms with van der Waals surface area (Å²) in [6.07, 6.45) is 3.59. The molecule has 2 aromatic heterocycles. The molecule has 2 heterocycles. The van der Waals surface area contributed by atoms with Crippen LogP contribution in [0.15, 0.2) is 9.59 Å². The van der Waals surface area contributed by atoms with Crippen LogP contribution in [0.5, 0.6) is 0 Å². The van der Waals surface area contributed by atoms with Crippen LogP contribution >= 0.6 is 0 Å². The molecule has 0 bridgehead atoms. The van der Waals surface area contributed by atoms with Gasteiger partial charge in [0.1, 0.15) is 0 Å². The molecule has 3 N–H and O–H groups in total. The molecule has 0 radical (unpaired) electrons. The molecular weight excluding hydrogens is 350 g/mol. The lowest BCUT2D eigenvalue weighted by Gasteiger charge is -2.16. The highest BCUT2D eigenvalue weighted by Crippen LogP contribution is 2.16. The second-order valence-electron chi connectivity index (χ2n) is 7.06. The van der Waals surface area contributed by atoms with Crippen LogP contribution in [0.3, 0.4) is 0 Å². The fourth-order valence-corrected chi connectivity index (χ4v) is 2.87. The van der Waals surface area contributed by atoms with E-state index in [2.05, 4.69) is 22.2 Å². The summed E-state index contributed by atoms with van der Waals surface area (Å²) in [6.45, 7) is 6.93. The molecule has 0 saturated carbocycles. The first-order chi connectivity index (χ1) is 12.8. The Bertz CT molecular complexity index is 852. The van der Waals surface area contributed by atoms with E-state index in [1.54, 1.807) is 11.6 Å². The molecule has 0 spiro atoms. The van der Waals surface area contributed by atoms with Crippen molar-refractivity contribution in [2.75, 3.05) is 18.5 Å². The van der Waals surface area contributed by atoms with Crippen LogP contribution < -0.4 is 16.6 Å². The molecule has 0 saturated heterocycles. The number of aliphatic hydroxyl groups excluding tert-OH is 1. The number of rotatable bonds is 11. The Morgan fingerprint density at radius 1 is 1.26 bits per heavy atom. The summed E-state index contributed by atoms with van der Waals surface area (Å²) in [6, 6.07) is 0. The predicted octanol–water partition coefficient (Wildman–Crippen LogP) is 1.20. The second kappa shape index (κ2) is 9.70. The number of aryl methyl sites for hydroxylation is 1. The van der Waals surface area contributed by atoms with Gasteiger partial charge >= 0.3 is 5.69 Å². The van der Waals surface area contributed by atoms with Crippen molar-refractivity contribution in [1.82, 2.24) is 19.1 Å². The van der Waals surface area contributed by atoms with E-state index in [-0.39, 0.29) is 30.4 Å². The highest BCUT2D eigenvalue weighted by Gasteiger charge is 2.19. The lowest BCUT2D eigenvalue weighted by Crippen LogP contribution is -2.30. The number of nitrogens with zero attached hydrogens (tertiary/aromatic N) is 3. The number of aliphatic hydroxyl groups is 1.